The van der Waals surface area contributed by atoms with Gasteiger partial charge in [0.25, 0.3) is 0 Å². The second kappa shape index (κ2) is 5.59. The highest BCUT2D eigenvalue weighted by atomic mass is 16.5. The van der Waals surface area contributed by atoms with Gasteiger partial charge in [0.15, 0.2) is 0 Å². The Morgan fingerprint density at radius 2 is 1.96 bits per heavy atom. The normalized spacial score (nSPS) is 50.3. The third-order valence-corrected chi connectivity index (χ3v) is 8.34. The summed E-state index contributed by atoms with van der Waals surface area (Å²) in [4.78, 5) is 11.3. The smallest absolute Gasteiger partial charge is 0.302 e. The molecule has 0 heterocycles. The summed E-state index contributed by atoms with van der Waals surface area (Å²) >= 11 is 0. The van der Waals surface area contributed by atoms with Gasteiger partial charge in [0.1, 0.15) is 6.10 Å². The number of ether oxygens (including phenoxy) is 1. The van der Waals surface area contributed by atoms with E-state index in [1.807, 2.05) is 0 Å². The molecule has 0 unspecified atom stereocenters. The summed E-state index contributed by atoms with van der Waals surface area (Å²) in [6.07, 6.45) is 11.3. The van der Waals surface area contributed by atoms with E-state index in [0.717, 1.165) is 43.9 Å². The fourth-order valence-electron chi connectivity index (χ4n) is 6.94. The first-order valence-corrected chi connectivity index (χ1v) is 9.89. The van der Waals surface area contributed by atoms with Gasteiger partial charge in [-0.05, 0) is 73.5 Å². The zero-order valence-electron chi connectivity index (χ0n) is 15.4. The molecule has 0 radical (unpaired) electrons. The van der Waals surface area contributed by atoms with E-state index in [1.54, 1.807) is 5.57 Å². The Hall–Kier alpha value is -0.830. The highest BCUT2D eigenvalue weighted by molar-refractivity contribution is 5.66. The molecule has 134 valence electrons. The van der Waals surface area contributed by atoms with Crippen molar-refractivity contribution in [2.45, 2.75) is 84.3 Å². The third kappa shape index (κ3) is 2.30. The highest BCUT2D eigenvalue weighted by Crippen LogP contribution is 2.64. The van der Waals surface area contributed by atoms with Crippen LogP contribution in [0.4, 0.5) is 0 Å². The van der Waals surface area contributed by atoms with Crippen molar-refractivity contribution in [3.8, 4) is 0 Å². The molecule has 7 atom stereocenters. The first-order valence-electron chi connectivity index (χ1n) is 9.89. The van der Waals surface area contributed by atoms with Crippen molar-refractivity contribution >= 4 is 5.97 Å². The van der Waals surface area contributed by atoms with Crippen molar-refractivity contribution < 1.29 is 14.6 Å². The average molecular weight is 332 g/mol. The van der Waals surface area contributed by atoms with Gasteiger partial charge in [-0.15, -0.1) is 0 Å². The molecule has 0 aromatic rings. The molecule has 24 heavy (non-hydrogen) atoms. The lowest BCUT2D eigenvalue weighted by atomic mass is 9.48. The quantitative estimate of drug-likeness (QED) is 0.577. The molecule has 1 N–H and O–H groups in total. The van der Waals surface area contributed by atoms with Crippen LogP contribution in [0.1, 0.15) is 72.1 Å². The van der Waals surface area contributed by atoms with Gasteiger partial charge in [-0.3, -0.25) is 4.79 Å². The lowest BCUT2D eigenvalue weighted by Gasteiger charge is -2.57. The van der Waals surface area contributed by atoms with Gasteiger partial charge in [-0.2, -0.15) is 0 Å². The van der Waals surface area contributed by atoms with Gasteiger partial charge in [0.2, 0.25) is 0 Å². The van der Waals surface area contributed by atoms with Crippen LogP contribution in [0, 0.1) is 28.6 Å². The van der Waals surface area contributed by atoms with Crippen molar-refractivity contribution in [3.05, 3.63) is 11.6 Å². The fraction of sp³-hybridized carbons (Fsp3) is 0.857. The van der Waals surface area contributed by atoms with E-state index >= 15 is 0 Å². The first-order chi connectivity index (χ1) is 11.3. The fourth-order valence-corrected chi connectivity index (χ4v) is 6.94. The second-order valence-corrected chi connectivity index (χ2v) is 9.37. The number of fused-ring (bicyclic) bond motifs is 5. The zero-order chi connectivity index (χ0) is 17.1. The van der Waals surface area contributed by atoms with Crippen molar-refractivity contribution in [1.82, 2.24) is 0 Å². The Morgan fingerprint density at radius 1 is 1.17 bits per heavy atom. The van der Waals surface area contributed by atoms with Crippen LogP contribution < -0.4 is 0 Å². The van der Waals surface area contributed by atoms with Crippen LogP contribution in [0.25, 0.3) is 0 Å². The molecule has 3 nitrogen and oxygen atoms in total. The first kappa shape index (κ1) is 16.6. The molecule has 3 fully saturated rings. The molecule has 0 amide bonds. The SMILES string of the molecule is CC(=O)O[C@H]1CC[C@@]2(C)C(=CC[C@@H]3[C@H]4CC[C@@H](O)[C@]4(C)CC[C@H]32)C1. The molecule has 0 bridgehead atoms. The van der Waals surface area contributed by atoms with Crippen LogP contribution in [0.15, 0.2) is 11.6 Å². The molecule has 0 aromatic carbocycles. The molecule has 4 rings (SSSR count). The van der Waals surface area contributed by atoms with Crippen LogP contribution >= 0.6 is 0 Å². The molecule has 4 aliphatic carbocycles. The monoisotopic (exact) mass is 332 g/mol. The van der Waals surface area contributed by atoms with Gasteiger partial charge < -0.3 is 9.84 Å². The number of carbonyl (C=O) groups excluding carboxylic acids is 1. The lowest BCUT2D eigenvalue weighted by molar-refractivity contribution is -0.148. The number of aliphatic hydroxyl groups excluding tert-OH is 1. The average Bonchev–Trinajstić information content (AvgIpc) is 2.83. The number of carbonyl (C=O) groups is 1. The van der Waals surface area contributed by atoms with E-state index in [2.05, 4.69) is 19.9 Å². The molecule has 0 saturated heterocycles. The zero-order valence-corrected chi connectivity index (χ0v) is 15.4. The molecule has 3 heteroatoms. The molecule has 4 aliphatic rings. The molecular weight excluding hydrogens is 300 g/mol. The maximum atomic E-state index is 11.3. The number of hydrogen-bond acceptors (Lipinski definition) is 3. The predicted molar refractivity (Wildman–Crippen MR) is 93.3 cm³/mol. The minimum atomic E-state index is -0.147. The van der Waals surface area contributed by atoms with E-state index in [9.17, 15) is 9.90 Å². The van der Waals surface area contributed by atoms with Gasteiger partial charge in [-0.1, -0.05) is 25.5 Å². The van der Waals surface area contributed by atoms with Crippen molar-refractivity contribution in [1.29, 1.82) is 0 Å². The van der Waals surface area contributed by atoms with E-state index in [1.165, 1.54) is 26.2 Å². The summed E-state index contributed by atoms with van der Waals surface area (Å²) in [7, 11) is 0. The molecular formula is C21H32O3. The lowest BCUT2D eigenvalue weighted by Crippen LogP contribution is -2.51. The summed E-state index contributed by atoms with van der Waals surface area (Å²) in [5.74, 6) is 2.03. The van der Waals surface area contributed by atoms with Gasteiger partial charge >= 0.3 is 5.97 Å². The molecule has 0 spiro atoms. The minimum Gasteiger partial charge on any atom is -0.462 e. The number of allylic oxidation sites excluding steroid dienone is 1. The number of hydrogen-bond donors (Lipinski definition) is 1. The van der Waals surface area contributed by atoms with Crippen LogP contribution in [0.5, 0.6) is 0 Å². The molecule has 0 aliphatic heterocycles. The van der Waals surface area contributed by atoms with E-state index in [-0.39, 0.29) is 29.0 Å². The summed E-state index contributed by atoms with van der Waals surface area (Å²) < 4.78 is 5.51. The minimum absolute atomic E-state index is 0.0838. The van der Waals surface area contributed by atoms with Gasteiger partial charge in [0.05, 0.1) is 6.10 Å². The maximum absolute atomic E-state index is 11.3. The Morgan fingerprint density at radius 3 is 2.71 bits per heavy atom. The topological polar surface area (TPSA) is 46.5 Å². The van der Waals surface area contributed by atoms with Gasteiger partial charge in [-0.25, -0.2) is 0 Å². The van der Waals surface area contributed by atoms with Crippen LogP contribution in [0.3, 0.4) is 0 Å². The third-order valence-electron chi connectivity index (χ3n) is 8.34. The summed E-state index contributed by atoms with van der Waals surface area (Å²) in [5.41, 5.74) is 1.98. The van der Waals surface area contributed by atoms with Crippen LogP contribution in [-0.4, -0.2) is 23.3 Å². The van der Waals surface area contributed by atoms with Crippen LogP contribution in [0.2, 0.25) is 0 Å². The number of rotatable bonds is 1. The summed E-state index contributed by atoms with van der Waals surface area (Å²) in [5, 5.41) is 10.5. The molecule has 3 saturated carbocycles. The summed E-state index contributed by atoms with van der Waals surface area (Å²) in [6.45, 7) is 6.32. The maximum Gasteiger partial charge on any atom is 0.302 e. The standard InChI is InChI=1S/C21H32O3/c1-13(22)24-15-8-10-20(2)14(12-15)4-5-16-17-6-7-19(23)21(17,3)11-9-18(16)20/h4,15-19,23H,5-12H2,1-3H3/t15-,16+,17+,18+,19+,20-,21+/m0/s1. The van der Waals surface area contributed by atoms with E-state index < -0.39 is 0 Å². The Kier molecular flexibility index (Phi) is 3.87. The van der Waals surface area contributed by atoms with E-state index in [4.69, 9.17) is 4.74 Å². The van der Waals surface area contributed by atoms with Crippen molar-refractivity contribution in [2.75, 3.05) is 0 Å². The predicted octanol–water partition coefficient (Wildman–Crippen LogP) is 4.24. The summed E-state index contributed by atoms with van der Waals surface area (Å²) in [6, 6.07) is 0. The van der Waals surface area contributed by atoms with E-state index in [0.29, 0.717) is 5.92 Å². The Labute approximate surface area is 145 Å². The number of aliphatic hydroxyl groups is 1. The second-order valence-electron chi connectivity index (χ2n) is 9.37. The number of esters is 1. The van der Waals surface area contributed by atoms with Crippen molar-refractivity contribution in [3.63, 3.8) is 0 Å². The van der Waals surface area contributed by atoms with Crippen LogP contribution in [-0.2, 0) is 9.53 Å². The Bertz CT molecular complexity index is 567. The van der Waals surface area contributed by atoms with Gasteiger partial charge in [0, 0.05) is 13.3 Å². The largest absolute Gasteiger partial charge is 0.462 e. The highest BCUT2D eigenvalue weighted by Gasteiger charge is 2.58. The molecule has 0 aromatic heterocycles. The van der Waals surface area contributed by atoms with Crippen molar-refractivity contribution in [2.24, 2.45) is 28.6 Å². The Balaban J connectivity index is 1.59.